The monoisotopic (exact) mass is 314 g/mol. The Labute approximate surface area is 124 Å². The van der Waals surface area contributed by atoms with E-state index in [1.807, 2.05) is 6.92 Å². The van der Waals surface area contributed by atoms with E-state index >= 15 is 0 Å². The minimum Gasteiger partial charge on any atom is -0.380 e. The molecule has 0 aliphatic rings. The zero-order valence-electron chi connectivity index (χ0n) is 12.0. The molecule has 1 rings (SSSR count). The van der Waals surface area contributed by atoms with Crippen LogP contribution in [-0.2, 0) is 14.8 Å². The molecule has 0 saturated heterocycles. The molecule has 0 spiro atoms. The highest BCUT2D eigenvalue weighted by Gasteiger charge is 2.18. The van der Waals surface area contributed by atoms with Gasteiger partial charge in [0.05, 0.1) is 23.6 Å². The Balaban J connectivity index is 2.91. The van der Waals surface area contributed by atoms with Crippen LogP contribution in [-0.4, -0.2) is 34.2 Å². The number of hydrogen-bond donors (Lipinski definition) is 2. The molecule has 0 amide bonds. The number of halogens is 1. The minimum atomic E-state index is -3.79. The van der Waals surface area contributed by atoms with Crippen LogP contribution < -0.4 is 10.5 Å². The predicted octanol–water partition coefficient (Wildman–Crippen LogP) is 0.839. The average molecular weight is 314 g/mol. The van der Waals surface area contributed by atoms with Crippen LogP contribution in [0.5, 0.6) is 0 Å². The molecule has 0 radical (unpaired) electrons. The van der Waals surface area contributed by atoms with Crippen molar-refractivity contribution in [1.29, 1.82) is 0 Å². The standard InChI is InChI=1S/C14H19FN2O3S/c1-3-20-10-11(2)17-21(18,19)13-7-6-12(5-4-8-16)14(15)9-13/h6-7,9,11,17H,3,8,10,16H2,1-2H3. The number of nitrogens with two attached hydrogens (primary N) is 1. The molecular weight excluding hydrogens is 295 g/mol. The second-order valence-electron chi connectivity index (χ2n) is 4.33. The van der Waals surface area contributed by atoms with E-state index in [2.05, 4.69) is 16.6 Å². The molecule has 0 heterocycles. The maximum Gasteiger partial charge on any atom is 0.240 e. The summed E-state index contributed by atoms with van der Waals surface area (Å²) in [7, 11) is -3.79. The van der Waals surface area contributed by atoms with Gasteiger partial charge in [0.15, 0.2) is 0 Å². The Kier molecular flexibility index (Phi) is 6.78. The van der Waals surface area contributed by atoms with E-state index in [1.165, 1.54) is 12.1 Å². The average Bonchev–Trinajstić information content (AvgIpc) is 2.43. The zero-order chi connectivity index (χ0) is 15.9. The molecule has 1 unspecified atom stereocenters. The van der Waals surface area contributed by atoms with Gasteiger partial charge >= 0.3 is 0 Å². The molecule has 7 heteroatoms. The maximum absolute atomic E-state index is 13.8. The van der Waals surface area contributed by atoms with Gasteiger partial charge < -0.3 is 10.5 Å². The summed E-state index contributed by atoms with van der Waals surface area (Å²) in [6, 6.07) is 3.16. The van der Waals surface area contributed by atoms with Crippen molar-refractivity contribution in [3.63, 3.8) is 0 Å². The molecule has 21 heavy (non-hydrogen) atoms. The Morgan fingerprint density at radius 1 is 1.48 bits per heavy atom. The van der Waals surface area contributed by atoms with E-state index in [1.54, 1.807) is 6.92 Å². The highest BCUT2D eigenvalue weighted by molar-refractivity contribution is 7.89. The lowest BCUT2D eigenvalue weighted by molar-refractivity contribution is 0.133. The van der Waals surface area contributed by atoms with Crippen LogP contribution in [0.25, 0.3) is 0 Å². The summed E-state index contributed by atoms with van der Waals surface area (Å²) < 4.78 is 45.5. The molecule has 0 aliphatic heterocycles. The summed E-state index contributed by atoms with van der Waals surface area (Å²) in [5.74, 6) is 4.35. The Bertz CT molecular complexity index is 635. The smallest absolute Gasteiger partial charge is 0.240 e. The van der Waals surface area contributed by atoms with Crippen LogP contribution in [0, 0.1) is 17.7 Å². The van der Waals surface area contributed by atoms with E-state index < -0.39 is 21.9 Å². The molecule has 0 fully saturated rings. The first-order valence-corrected chi connectivity index (χ1v) is 7.97. The van der Waals surface area contributed by atoms with Gasteiger partial charge in [0.25, 0.3) is 0 Å². The third kappa shape index (κ3) is 5.44. The highest BCUT2D eigenvalue weighted by Crippen LogP contribution is 2.14. The van der Waals surface area contributed by atoms with Gasteiger partial charge in [-0.1, -0.05) is 11.8 Å². The Morgan fingerprint density at radius 3 is 2.76 bits per heavy atom. The second kappa shape index (κ2) is 8.10. The lowest BCUT2D eigenvalue weighted by Gasteiger charge is -2.14. The van der Waals surface area contributed by atoms with Gasteiger partial charge in [0, 0.05) is 12.6 Å². The molecule has 116 valence electrons. The number of rotatable bonds is 6. The Morgan fingerprint density at radius 2 is 2.19 bits per heavy atom. The van der Waals surface area contributed by atoms with Gasteiger partial charge in [-0.2, -0.15) is 0 Å². The van der Waals surface area contributed by atoms with Crippen molar-refractivity contribution in [2.24, 2.45) is 5.73 Å². The van der Waals surface area contributed by atoms with E-state index in [9.17, 15) is 12.8 Å². The molecule has 0 bridgehead atoms. The van der Waals surface area contributed by atoms with Crippen LogP contribution in [0.15, 0.2) is 23.1 Å². The topological polar surface area (TPSA) is 81.4 Å². The van der Waals surface area contributed by atoms with Crippen molar-refractivity contribution >= 4 is 10.0 Å². The first-order chi connectivity index (χ1) is 9.90. The summed E-state index contributed by atoms with van der Waals surface area (Å²) in [5, 5.41) is 0. The van der Waals surface area contributed by atoms with Crippen LogP contribution >= 0.6 is 0 Å². The second-order valence-corrected chi connectivity index (χ2v) is 6.04. The zero-order valence-corrected chi connectivity index (χ0v) is 12.8. The third-order valence-electron chi connectivity index (χ3n) is 2.50. The molecular formula is C14H19FN2O3S. The number of ether oxygens (including phenoxy) is 1. The summed E-state index contributed by atoms with van der Waals surface area (Å²) in [6.45, 7) is 4.34. The molecule has 1 aromatic carbocycles. The van der Waals surface area contributed by atoms with E-state index in [0.29, 0.717) is 6.61 Å². The van der Waals surface area contributed by atoms with Crippen molar-refractivity contribution in [3.8, 4) is 11.8 Å². The van der Waals surface area contributed by atoms with Crippen molar-refractivity contribution < 1.29 is 17.5 Å². The molecule has 1 aromatic rings. The van der Waals surface area contributed by atoms with E-state index in [0.717, 1.165) is 6.07 Å². The van der Waals surface area contributed by atoms with E-state index in [4.69, 9.17) is 10.5 Å². The van der Waals surface area contributed by atoms with Gasteiger partial charge in [-0.15, -0.1) is 0 Å². The highest BCUT2D eigenvalue weighted by atomic mass is 32.2. The van der Waals surface area contributed by atoms with Crippen molar-refractivity contribution in [2.45, 2.75) is 24.8 Å². The number of benzene rings is 1. The van der Waals surface area contributed by atoms with Crippen molar-refractivity contribution in [1.82, 2.24) is 4.72 Å². The van der Waals surface area contributed by atoms with Crippen LogP contribution in [0.4, 0.5) is 4.39 Å². The van der Waals surface area contributed by atoms with Crippen LogP contribution in [0.1, 0.15) is 19.4 Å². The molecule has 0 aliphatic carbocycles. The van der Waals surface area contributed by atoms with Gasteiger partial charge in [0.1, 0.15) is 5.82 Å². The quantitative estimate of drug-likeness (QED) is 0.762. The van der Waals surface area contributed by atoms with Gasteiger partial charge in [-0.25, -0.2) is 17.5 Å². The molecule has 0 saturated carbocycles. The minimum absolute atomic E-state index is 0.107. The number of hydrogen-bond acceptors (Lipinski definition) is 4. The molecule has 0 aromatic heterocycles. The molecule has 3 N–H and O–H groups in total. The predicted molar refractivity (Wildman–Crippen MR) is 78.6 cm³/mol. The summed E-state index contributed by atoms with van der Waals surface area (Å²) in [4.78, 5) is -0.151. The third-order valence-corrected chi connectivity index (χ3v) is 4.09. The SMILES string of the molecule is CCOCC(C)NS(=O)(=O)c1ccc(C#CCN)c(F)c1. The first kappa shape index (κ1) is 17.6. The van der Waals surface area contributed by atoms with Gasteiger partial charge in [-0.05, 0) is 32.0 Å². The fraction of sp³-hybridized carbons (Fsp3) is 0.429. The summed E-state index contributed by atoms with van der Waals surface area (Å²) in [6.07, 6.45) is 0. The van der Waals surface area contributed by atoms with Gasteiger partial charge in [0.2, 0.25) is 10.0 Å². The fourth-order valence-electron chi connectivity index (χ4n) is 1.57. The number of nitrogens with one attached hydrogen (secondary N) is 1. The fourth-order valence-corrected chi connectivity index (χ4v) is 2.81. The summed E-state index contributed by atoms with van der Waals surface area (Å²) in [5.41, 5.74) is 5.32. The lowest BCUT2D eigenvalue weighted by Crippen LogP contribution is -2.35. The normalized spacial score (nSPS) is 12.6. The van der Waals surface area contributed by atoms with Crippen LogP contribution in [0.3, 0.4) is 0 Å². The van der Waals surface area contributed by atoms with Crippen molar-refractivity contribution in [3.05, 3.63) is 29.6 Å². The first-order valence-electron chi connectivity index (χ1n) is 6.49. The Hall–Kier alpha value is -1.46. The largest absolute Gasteiger partial charge is 0.380 e. The van der Waals surface area contributed by atoms with Crippen molar-refractivity contribution in [2.75, 3.05) is 19.8 Å². The summed E-state index contributed by atoms with van der Waals surface area (Å²) >= 11 is 0. The lowest BCUT2D eigenvalue weighted by atomic mass is 10.2. The number of sulfonamides is 1. The maximum atomic E-state index is 13.8. The van der Waals surface area contributed by atoms with E-state index in [-0.39, 0.29) is 23.6 Å². The molecule has 5 nitrogen and oxygen atoms in total. The van der Waals surface area contributed by atoms with Gasteiger partial charge in [-0.3, -0.25) is 0 Å². The van der Waals surface area contributed by atoms with Crippen LogP contribution in [0.2, 0.25) is 0 Å². The molecule has 1 atom stereocenters.